The minimum Gasteiger partial charge on any atom is -0.396 e. The first-order valence-corrected chi connectivity index (χ1v) is 7.98. The van der Waals surface area contributed by atoms with Crippen molar-refractivity contribution in [3.05, 3.63) is 46.7 Å². The van der Waals surface area contributed by atoms with Gasteiger partial charge in [-0.15, -0.1) is 11.3 Å². The maximum absolute atomic E-state index is 12.1. The Morgan fingerprint density at radius 2 is 1.86 bits per heavy atom. The number of nitrogens with one attached hydrogen (secondary N) is 2. The van der Waals surface area contributed by atoms with E-state index in [1.807, 2.05) is 41.8 Å². The van der Waals surface area contributed by atoms with Crippen molar-refractivity contribution in [2.45, 2.75) is 19.3 Å². The Bertz CT molecular complexity index is 555. The van der Waals surface area contributed by atoms with Gasteiger partial charge in [0.1, 0.15) is 0 Å². The zero-order valence-corrected chi connectivity index (χ0v) is 12.7. The van der Waals surface area contributed by atoms with Crippen molar-refractivity contribution in [2.24, 2.45) is 0 Å². The summed E-state index contributed by atoms with van der Waals surface area (Å²) in [6.45, 7) is 1.07. The molecule has 0 bridgehead atoms. The van der Waals surface area contributed by atoms with Gasteiger partial charge in [-0.2, -0.15) is 0 Å². The van der Waals surface area contributed by atoms with Crippen LogP contribution in [0.1, 0.15) is 28.9 Å². The number of carbonyl (C=O) groups excluding carboxylic acids is 1. The summed E-state index contributed by atoms with van der Waals surface area (Å²) in [5, 5.41) is 16.9. The van der Waals surface area contributed by atoms with Crippen LogP contribution < -0.4 is 10.6 Å². The molecular formula is C16H20N2O2S. The third-order valence-corrected chi connectivity index (χ3v) is 3.94. The Morgan fingerprint density at radius 3 is 2.57 bits per heavy atom. The zero-order chi connectivity index (χ0) is 14.9. The lowest BCUT2D eigenvalue weighted by atomic mass is 10.2. The van der Waals surface area contributed by atoms with E-state index in [2.05, 4.69) is 10.6 Å². The maximum atomic E-state index is 12.1. The van der Waals surface area contributed by atoms with Crippen molar-refractivity contribution < 1.29 is 9.90 Å². The number of anilines is 2. The van der Waals surface area contributed by atoms with Gasteiger partial charge in [-0.25, -0.2) is 0 Å². The Labute approximate surface area is 128 Å². The summed E-state index contributed by atoms with van der Waals surface area (Å²) < 4.78 is 0. The first kappa shape index (κ1) is 15.5. The molecule has 0 unspecified atom stereocenters. The highest BCUT2D eigenvalue weighted by molar-refractivity contribution is 7.12. The summed E-state index contributed by atoms with van der Waals surface area (Å²) in [6, 6.07) is 11.4. The van der Waals surface area contributed by atoms with Crippen LogP contribution in [-0.4, -0.2) is 24.2 Å². The molecule has 0 saturated heterocycles. The van der Waals surface area contributed by atoms with Crippen LogP contribution in [0.4, 0.5) is 11.4 Å². The van der Waals surface area contributed by atoms with E-state index >= 15 is 0 Å². The molecule has 0 fully saturated rings. The van der Waals surface area contributed by atoms with Crippen LogP contribution in [0.25, 0.3) is 0 Å². The second-order valence-corrected chi connectivity index (χ2v) is 5.64. The van der Waals surface area contributed by atoms with E-state index in [1.165, 1.54) is 11.3 Å². The number of hydrogen-bond acceptors (Lipinski definition) is 4. The third-order valence-electron chi connectivity index (χ3n) is 3.07. The number of rotatable bonds is 8. The minimum absolute atomic E-state index is 0.0838. The molecule has 0 atom stereocenters. The molecule has 0 saturated carbocycles. The van der Waals surface area contributed by atoms with Crippen molar-refractivity contribution in [2.75, 3.05) is 23.8 Å². The monoisotopic (exact) mass is 304 g/mol. The molecule has 2 aromatic rings. The maximum Gasteiger partial charge on any atom is 0.265 e. The smallest absolute Gasteiger partial charge is 0.265 e. The van der Waals surface area contributed by atoms with Gasteiger partial charge in [-0.3, -0.25) is 4.79 Å². The highest BCUT2D eigenvalue weighted by Crippen LogP contribution is 2.22. The first-order valence-electron chi connectivity index (χ1n) is 7.10. The van der Waals surface area contributed by atoms with Gasteiger partial charge in [-0.1, -0.05) is 18.2 Å². The normalized spacial score (nSPS) is 10.3. The van der Waals surface area contributed by atoms with E-state index < -0.39 is 0 Å². The number of para-hydroxylation sites is 2. The Morgan fingerprint density at radius 1 is 1.05 bits per heavy atom. The molecule has 0 radical (unpaired) electrons. The number of unbranched alkanes of at least 4 members (excludes halogenated alkanes) is 2. The van der Waals surface area contributed by atoms with Gasteiger partial charge in [-0.05, 0) is 42.8 Å². The number of benzene rings is 1. The van der Waals surface area contributed by atoms with E-state index in [-0.39, 0.29) is 12.5 Å². The quantitative estimate of drug-likeness (QED) is 0.653. The molecule has 0 aliphatic carbocycles. The molecule has 21 heavy (non-hydrogen) atoms. The van der Waals surface area contributed by atoms with Crippen LogP contribution >= 0.6 is 11.3 Å². The molecule has 4 nitrogen and oxygen atoms in total. The Balaban J connectivity index is 1.92. The molecule has 0 spiro atoms. The highest BCUT2D eigenvalue weighted by Gasteiger charge is 2.09. The van der Waals surface area contributed by atoms with Gasteiger partial charge in [0.25, 0.3) is 5.91 Å². The summed E-state index contributed by atoms with van der Waals surface area (Å²) in [6.07, 6.45) is 2.82. The molecule has 0 aliphatic rings. The molecule has 1 heterocycles. The van der Waals surface area contributed by atoms with E-state index in [0.717, 1.165) is 37.2 Å². The molecule has 2 rings (SSSR count). The third kappa shape index (κ3) is 4.88. The number of hydrogen-bond donors (Lipinski definition) is 3. The average molecular weight is 304 g/mol. The SMILES string of the molecule is O=C(Nc1ccccc1NCCCCCO)c1cccs1. The van der Waals surface area contributed by atoms with Crippen LogP contribution in [0.15, 0.2) is 41.8 Å². The largest absolute Gasteiger partial charge is 0.396 e. The van der Waals surface area contributed by atoms with Gasteiger partial charge in [0.2, 0.25) is 0 Å². The Kier molecular flexibility index (Phi) is 6.24. The van der Waals surface area contributed by atoms with Crippen molar-refractivity contribution in [1.29, 1.82) is 0 Å². The van der Waals surface area contributed by atoms with Crippen molar-refractivity contribution in [3.8, 4) is 0 Å². The predicted octanol–water partition coefficient (Wildman–Crippen LogP) is 3.57. The molecule has 1 amide bonds. The Hall–Kier alpha value is -1.85. The lowest BCUT2D eigenvalue weighted by Crippen LogP contribution is -2.12. The number of thiophene rings is 1. The van der Waals surface area contributed by atoms with Crippen LogP contribution in [0.2, 0.25) is 0 Å². The first-order chi connectivity index (χ1) is 10.3. The number of amides is 1. The van der Waals surface area contributed by atoms with Crippen molar-refractivity contribution in [3.63, 3.8) is 0 Å². The standard InChI is InChI=1S/C16H20N2O2S/c19-11-5-1-4-10-17-13-7-2-3-8-14(13)18-16(20)15-9-6-12-21-15/h2-3,6-9,12,17,19H,1,4-5,10-11H2,(H,18,20). The highest BCUT2D eigenvalue weighted by atomic mass is 32.1. The van der Waals surface area contributed by atoms with E-state index in [9.17, 15) is 4.79 Å². The van der Waals surface area contributed by atoms with E-state index in [0.29, 0.717) is 4.88 Å². The molecule has 112 valence electrons. The van der Waals surface area contributed by atoms with Crippen molar-refractivity contribution in [1.82, 2.24) is 0 Å². The lowest BCUT2D eigenvalue weighted by molar-refractivity contribution is 0.103. The van der Waals surface area contributed by atoms with Crippen LogP contribution in [0.5, 0.6) is 0 Å². The number of aliphatic hydroxyl groups is 1. The molecule has 0 aliphatic heterocycles. The van der Waals surface area contributed by atoms with E-state index in [4.69, 9.17) is 5.11 Å². The summed E-state index contributed by atoms with van der Waals surface area (Å²) in [5.74, 6) is -0.0838. The fourth-order valence-electron chi connectivity index (χ4n) is 1.97. The predicted molar refractivity (Wildman–Crippen MR) is 88.1 cm³/mol. The van der Waals surface area contributed by atoms with Crippen LogP contribution in [-0.2, 0) is 0 Å². The summed E-state index contributed by atoms with van der Waals surface area (Å²) in [5.41, 5.74) is 1.71. The van der Waals surface area contributed by atoms with E-state index in [1.54, 1.807) is 0 Å². The second kappa shape index (κ2) is 8.44. The lowest BCUT2D eigenvalue weighted by Gasteiger charge is -2.12. The average Bonchev–Trinajstić information content (AvgIpc) is 3.03. The summed E-state index contributed by atoms with van der Waals surface area (Å²) in [7, 11) is 0. The van der Waals surface area contributed by atoms with Gasteiger partial charge < -0.3 is 15.7 Å². The summed E-state index contributed by atoms with van der Waals surface area (Å²) in [4.78, 5) is 12.8. The molecule has 5 heteroatoms. The number of carbonyl (C=O) groups is 1. The van der Waals surface area contributed by atoms with Crippen molar-refractivity contribution >= 4 is 28.6 Å². The second-order valence-electron chi connectivity index (χ2n) is 4.69. The van der Waals surface area contributed by atoms with Crippen LogP contribution in [0.3, 0.4) is 0 Å². The van der Waals surface area contributed by atoms with Gasteiger partial charge >= 0.3 is 0 Å². The molecule has 3 N–H and O–H groups in total. The fraction of sp³-hybridized carbons (Fsp3) is 0.312. The number of aliphatic hydroxyl groups excluding tert-OH is 1. The zero-order valence-electron chi connectivity index (χ0n) is 11.8. The topological polar surface area (TPSA) is 61.4 Å². The molecular weight excluding hydrogens is 284 g/mol. The fourth-order valence-corrected chi connectivity index (χ4v) is 2.59. The van der Waals surface area contributed by atoms with Gasteiger partial charge in [0.05, 0.1) is 16.3 Å². The minimum atomic E-state index is -0.0838. The summed E-state index contributed by atoms with van der Waals surface area (Å²) >= 11 is 1.43. The molecule has 1 aromatic carbocycles. The van der Waals surface area contributed by atoms with Gasteiger partial charge in [0.15, 0.2) is 0 Å². The molecule has 1 aromatic heterocycles. The van der Waals surface area contributed by atoms with Crippen LogP contribution in [0, 0.1) is 0 Å². The van der Waals surface area contributed by atoms with Gasteiger partial charge in [0, 0.05) is 13.2 Å².